The van der Waals surface area contributed by atoms with Crippen LogP contribution < -0.4 is 4.80 Å². The summed E-state index contributed by atoms with van der Waals surface area (Å²) in [5.41, 5.74) is 1.84. The molecule has 0 aliphatic carbocycles. The maximum Gasteiger partial charge on any atom is 0.325 e. The number of thiazole rings is 1. The van der Waals surface area contributed by atoms with Crippen molar-refractivity contribution in [2.24, 2.45) is 4.40 Å². The highest BCUT2D eigenvalue weighted by molar-refractivity contribution is 7.90. The minimum atomic E-state index is -4.07. The molecule has 0 saturated carbocycles. The molecule has 0 aliphatic rings. The van der Waals surface area contributed by atoms with Crippen LogP contribution in [-0.4, -0.2) is 26.1 Å². The monoisotopic (exact) mass is 436 g/mol. The third-order valence-electron chi connectivity index (χ3n) is 4.39. The minimum absolute atomic E-state index is 0.121. The summed E-state index contributed by atoms with van der Waals surface area (Å²) >= 11 is 1.18. The second kappa shape index (κ2) is 8.87. The predicted octanol–water partition coefficient (Wildman–Crippen LogP) is 3.65. The Balaban J connectivity index is 2.15. The van der Waals surface area contributed by atoms with Gasteiger partial charge in [0.1, 0.15) is 12.4 Å². The molecule has 0 N–H and O–H groups in total. The molecule has 154 valence electrons. The van der Waals surface area contributed by atoms with Gasteiger partial charge in [0.05, 0.1) is 22.2 Å². The van der Waals surface area contributed by atoms with E-state index in [1.54, 1.807) is 0 Å². The number of fused-ring (bicyclic) bond motifs is 1. The van der Waals surface area contributed by atoms with Crippen molar-refractivity contribution in [2.75, 3.05) is 7.11 Å². The fraction of sp³-hybridized carbons (Fsp3) is 0.300. The molecule has 0 amide bonds. The number of carbonyl (C=O) groups excluding carboxylic acids is 1. The summed E-state index contributed by atoms with van der Waals surface area (Å²) in [4.78, 5) is 11.9. The van der Waals surface area contributed by atoms with Crippen LogP contribution in [0.1, 0.15) is 25.3 Å². The minimum Gasteiger partial charge on any atom is -0.468 e. The van der Waals surface area contributed by atoms with Crippen LogP contribution in [0.2, 0.25) is 0 Å². The van der Waals surface area contributed by atoms with Gasteiger partial charge in [-0.1, -0.05) is 30.7 Å². The zero-order valence-corrected chi connectivity index (χ0v) is 17.7. The topological polar surface area (TPSA) is 77.7 Å². The summed E-state index contributed by atoms with van der Waals surface area (Å²) in [5.74, 6) is -1.05. The Kier molecular flexibility index (Phi) is 6.49. The number of aryl methyl sites for hydroxylation is 1. The number of methoxy groups -OCH3 is 1. The Morgan fingerprint density at radius 1 is 1.21 bits per heavy atom. The smallest absolute Gasteiger partial charge is 0.325 e. The molecule has 29 heavy (non-hydrogen) atoms. The average Bonchev–Trinajstić information content (AvgIpc) is 3.02. The van der Waals surface area contributed by atoms with E-state index < -0.39 is 21.8 Å². The average molecular weight is 437 g/mol. The molecule has 3 rings (SSSR count). The van der Waals surface area contributed by atoms with Gasteiger partial charge in [0.2, 0.25) is 4.80 Å². The standard InChI is InChI=1S/C20H21FN2O4S2/c1-3-4-5-14-6-11-17-18(12-14)28-20(23(17)13-19(24)27-2)22-29(25,26)16-9-7-15(21)8-10-16/h6-12H,3-5,13H2,1-2H3. The number of benzene rings is 2. The van der Waals surface area contributed by atoms with Gasteiger partial charge in [-0.3, -0.25) is 4.79 Å². The summed E-state index contributed by atoms with van der Waals surface area (Å²) in [7, 11) is -2.80. The SMILES string of the molecule is CCCCc1ccc2c(c1)sc(=NS(=O)(=O)c1ccc(F)cc1)n2CC(=O)OC. The predicted molar refractivity (Wildman–Crippen MR) is 110 cm³/mol. The van der Waals surface area contributed by atoms with Crippen molar-refractivity contribution in [1.29, 1.82) is 0 Å². The van der Waals surface area contributed by atoms with Gasteiger partial charge in [0.25, 0.3) is 10.0 Å². The largest absolute Gasteiger partial charge is 0.468 e. The molecule has 0 fully saturated rings. The molecule has 0 unspecified atom stereocenters. The maximum absolute atomic E-state index is 13.1. The second-order valence-corrected chi connectivity index (χ2v) is 9.09. The number of carbonyl (C=O) groups is 1. The van der Waals surface area contributed by atoms with Gasteiger partial charge in [0.15, 0.2) is 0 Å². The lowest BCUT2D eigenvalue weighted by molar-refractivity contribution is -0.141. The van der Waals surface area contributed by atoms with Crippen molar-refractivity contribution >= 4 is 37.5 Å². The number of hydrogen-bond donors (Lipinski definition) is 0. The number of rotatable bonds is 7. The third kappa shape index (κ3) is 4.91. The summed E-state index contributed by atoms with van der Waals surface area (Å²) in [6, 6.07) is 10.3. The number of halogens is 1. The van der Waals surface area contributed by atoms with Gasteiger partial charge in [-0.2, -0.15) is 8.42 Å². The van der Waals surface area contributed by atoms with Crippen molar-refractivity contribution < 1.29 is 22.3 Å². The Hall–Kier alpha value is -2.52. The molecule has 3 aromatic rings. The molecule has 6 nitrogen and oxygen atoms in total. The first kappa shape index (κ1) is 21.2. The van der Waals surface area contributed by atoms with E-state index in [4.69, 9.17) is 4.74 Å². The van der Waals surface area contributed by atoms with Crippen molar-refractivity contribution in [3.05, 3.63) is 58.6 Å². The van der Waals surface area contributed by atoms with Crippen LogP contribution in [0.15, 0.2) is 51.8 Å². The van der Waals surface area contributed by atoms with Crippen LogP contribution in [0, 0.1) is 5.82 Å². The second-order valence-electron chi connectivity index (χ2n) is 6.47. The Morgan fingerprint density at radius 3 is 2.59 bits per heavy atom. The summed E-state index contributed by atoms with van der Waals surface area (Å²) < 4.78 is 49.6. The van der Waals surface area contributed by atoms with E-state index in [1.807, 2.05) is 18.2 Å². The van der Waals surface area contributed by atoms with Crippen LogP contribution in [0.3, 0.4) is 0 Å². The molecule has 0 aliphatic heterocycles. The zero-order valence-electron chi connectivity index (χ0n) is 16.1. The highest BCUT2D eigenvalue weighted by Crippen LogP contribution is 2.21. The summed E-state index contributed by atoms with van der Waals surface area (Å²) in [5, 5.41) is 0. The van der Waals surface area contributed by atoms with Crippen LogP contribution >= 0.6 is 11.3 Å². The highest BCUT2D eigenvalue weighted by atomic mass is 32.2. The molecule has 9 heteroatoms. The number of hydrogen-bond acceptors (Lipinski definition) is 5. The maximum atomic E-state index is 13.1. The summed E-state index contributed by atoms with van der Waals surface area (Å²) in [6.07, 6.45) is 3.04. The van der Waals surface area contributed by atoms with Crippen LogP contribution in [0.25, 0.3) is 10.2 Å². The third-order valence-corrected chi connectivity index (χ3v) is 6.83. The first-order valence-electron chi connectivity index (χ1n) is 9.09. The Bertz CT molecular complexity index is 1200. The van der Waals surface area contributed by atoms with Gasteiger partial charge in [0, 0.05) is 0 Å². The molecule has 2 aromatic carbocycles. The molecule has 1 heterocycles. The van der Waals surface area contributed by atoms with Gasteiger partial charge in [-0.05, 0) is 54.8 Å². The number of nitrogens with zero attached hydrogens (tertiary/aromatic N) is 2. The van der Waals surface area contributed by atoms with Crippen molar-refractivity contribution in [3.63, 3.8) is 0 Å². The van der Waals surface area contributed by atoms with E-state index in [0.717, 1.165) is 53.8 Å². The van der Waals surface area contributed by atoms with E-state index in [2.05, 4.69) is 11.3 Å². The van der Waals surface area contributed by atoms with Crippen molar-refractivity contribution in [2.45, 2.75) is 37.6 Å². The van der Waals surface area contributed by atoms with E-state index in [0.29, 0.717) is 5.52 Å². The lowest BCUT2D eigenvalue weighted by atomic mass is 10.1. The molecular weight excluding hydrogens is 415 g/mol. The molecular formula is C20H21FN2O4S2. The van der Waals surface area contributed by atoms with E-state index >= 15 is 0 Å². The number of aromatic nitrogens is 1. The number of unbranched alkanes of at least 4 members (excludes halogenated alkanes) is 1. The lowest BCUT2D eigenvalue weighted by Crippen LogP contribution is -2.22. The number of esters is 1. The van der Waals surface area contributed by atoms with E-state index in [-0.39, 0.29) is 16.2 Å². The number of sulfonamides is 1. The Morgan fingerprint density at radius 2 is 1.93 bits per heavy atom. The van der Waals surface area contributed by atoms with E-state index in [1.165, 1.54) is 23.0 Å². The van der Waals surface area contributed by atoms with Gasteiger partial charge in [-0.25, -0.2) is 4.39 Å². The number of ether oxygens (including phenoxy) is 1. The first-order chi connectivity index (χ1) is 13.8. The molecule has 0 radical (unpaired) electrons. The van der Waals surface area contributed by atoms with Crippen LogP contribution in [0.5, 0.6) is 0 Å². The zero-order chi connectivity index (χ0) is 21.0. The molecule has 0 atom stereocenters. The van der Waals surface area contributed by atoms with E-state index in [9.17, 15) is 17.6 Å². The fourth-order valence-corrected chi connectivity index (χ4v) is 5.13. The Labute approximate surface area is 172 Å². The van der Waals surface area contributed by atoms with Crippen molar-refractivity contribution in [3.8, 4) is 0 Å². The van der Waals surface area contributed by atoms with Crippen molar-refractivity contribution in [1.82, 2.24) is 4.57 Å². The summed E-state index contributed by atoms with van der Waals surface area (Å²) in [6.45, 7) is 1.95. The normalized spacial score (nSPS) is 12.4. The van der Waals surface area contributed by atoms with Crippen LogP contribution in [-0.2, 0) is 32.5 Å². The van der Waals surface area contributed by atoms with Gasteiger partial charge in [-0.15, -0.1) is 4.40 Å². The first-order valence-corrected chi connectivity index (χ1v) is 11.4. The quantitative estimate of drug-likeness (QED) is 0.530. The molecule has 0 bridgehead atoms. The fourth-order valence-electron chi connectivity index (χ4n) is 2.83. The molecule has 0 spiro atoms. The highest BCUT2D eigenvalue weighted by Gasteiger charge is 2.16. The van der Waals surface area contributed by atoms with Gasteiger partial charge < -0.3 is 9.30 Å². The molecule has 1 aromatic heterocycles. The molecule has 0 saturated heterocycles. The lowest BCUT2D eigenvalue weighted by Gasteiger charge is -2.05. The van der Waals surface area contributed by atoms with Gasteiger partial charge >= 0.3 is 5.97 Å². The van der Waals surface area contributed by atoms with Crippen LogP contribution in [0.4, 0.5) is 4.39 Å².